The SMILES string of the molecule is O=Cc1cc(O)ccc1C1CCCCN1. The van der Waals surface area contributed by atoms with Gasteiger partial charge in [0.15, 0.2) is 6.29 Å². The summed E-state index contributed by atoms with van der Waals surface area (Å²) >= 11 is 0. The van der Waals surface area contributed by atoms with Crippen LogP contribution in [-0.4, -0.2) is 17.9 Å². The molecule has 2 rings (SSSR count). The fourth-order valence-corrected chi connectivity index (χ4v) is 2.10. The zero-order valence-electron chi connectivity index (χ0n) is 8.57. The zero-order chi connectivity index (χ0) is 10.7. The quantitative estimate of drug-likeness (QED) is 0.726. The Hall–Kier alpha value is -1.35. The third-order valence-corrected chi connectivity index (χ3v) is 2.88. The van der Waals surface area contributed by atoms with Gasteiger partial charge in [-0.25, -0.2) is 0 Å². The molecule has 1 saturated heterocycles. The molecule has 1 aromatic carbocycles. The molecule has 0 spiro atoms. The molecule has 80 valence electrons. The van der Waals surface area contributed by atoms with E-state index in [2.05, 4.69) is 5.32 Å². The molecule has 0 radical (unpaired) electrons. The lowest BCUT2D eigenvalue weighted by Crippen LogP contribution is -2.27. The molecule has 0 aliphatic carbocycles. The van der Waals surface area contributed by atoms with E-state index in [0.29, 0.717) is 5.56 Å². The molecule has 0 amide bonds. The molecule has 1 fully saturated rings. The second kappa shape index (κ2) is 4.45. The number of phenols is 1. The minimum absolute atomic E-state index is 0.150. The minimum Gasteiger partial charge on any atom is -0.508 e. The predicted octanol–water partition coefficient (Wildman–Crippen LogP) is 2.02. The Kier molecular flexibility index (Phi) is 3.02. The highest BCUT2D eigenvalue weighted by atomic mass is 16.3. The summed E-state index contributed by atoms with van der Waals surface area (Å²) in [6.07, 6.45) is 4.26. The van der Waals surface area contributed by atoms with Crippen molar-refractivity contribution < 1.29 is 9.90 Å². The third kappa shape index (κ3) is 2.18. The summed E-state index contributed by atoms with van der Waals surface area (Å²) in [5.74, 6) is 0.150. The summed E-state index contributed by atoms with van der Waals surface area (Å²) in [6, 6.07) is 5.26. The van der Waals surface area contributed by atoms with Crippen molar-refractivity contribution >= 4 is 6.29 Å². The Morgan fingerprint density at radius 3 is 2.93 bits per heavy atom. The molecule has 1 heterocycles. The molecule has 1 aliphatic heterocycles. The molecule has 1 aliphatic rings. The average molecular weight is 205 g/mol. The first kappa shape index (κ1) is 10.2. The molecule has 1 unspecified atom stereocenters. The first-order valence-corrected chi connectivity index (χ1v) is 5.33. The number of aldehydes is 1. The zero-order valence-corrected chi connectivity index (χ0v) is 8.57. The van der Waals surface area contributed by atoms with Gasteiger partial charge in [0.2, 0.25) is 0 Å². The largest absolute Gasteiger partial charge is 0.508 e. The Morgan fingerprint density at radius 1 is 1.40 bits per heavy atom. The highest BCUT2D eigenvalue weighted by Crippen LogP contribution is 2.27. The van der Waals surface area contributed by atoms with Crippen LogP contribution in [0.1, 0.15) is 41.2 Å². The van der Waals surface area contributed by atoms with Gasteiger partial charge in [-0.3, -0.25) is 4.79 Å². The first-order chi connectivity index (χ1) is 7.31. The maximum absolute atomic E-state index is 10.9. The Bertz CT molecular complexity index is 357. The number of rotatable bonds is 2. The highest BCUT2D eigenvalue weighted by molar-refractivity contribution is 5.78. The van der Waals surface area contributed by atoms with Gasteiger partial charge in [-0.1, -0.05) is 12.5 Å². The van der Waals surface area contributed by atoms with Crippen LogP contribution in [0.5, 0.6) is 5.75 Å². The number of hydrogen-bond donors (Lipinski definition) is 2. The van der Waals surface area contributed by atoms with E-state index in [-0.39, 0.29) is 11.8 Å². The molecular weight excluding hydrogens is 190 g/mol. The predicted molar refractivity (Wildman–Crippen MR) is 58.1 cm³/mol. The number of phenolic OH excluding ortho intramolecular Hbond substituents is 1. The third-order valence-electron chi connectivity index (χ3n) is 2.88. The van der Waals surface area contributed by atoms with Crippen molar-refractivity contribution in [3.8, 4) is 5.75 Å². The summed E-state index contributed by atoms with van der Waals surface area (Å²) < 4.78 is 0. The molecule has 0 saturated carbocycles. The number of carbonyl (C=O) groups is 1. The van der Waals surface area contributed by atoms with Gasteiger partial charge in [-0.2, -0.15) is 0 Å². The van der Waals surface area contributed by atoms with Crippen molar-refractivity contribution in [2.45, 2.75) is 25.3 Å². The van der Waals surface area contributed by atoms with E-state index in [4.69, 9.17) is 0 Å². The van der Waals surface area contributed by atoms with Crippen LogP contribution in [0.25, 0.3) is 0 Å². The van der Waals surface area contributed by atoms with Gasteiger partial charge in [-0.15, -0.1) is 0 Å². The van der Waals surface area contributed by atoms with Gasteiger partial charge in [0.25, 0.3) is 0 Å². The van der Waals surface area contributed by atoms with Gasteiger partial charge in [0, 0.05) is 11.6 Å². The van der Waals surface area contributed by atoms with E-state index < -0.39 is 0 Å². The van der Waals surface area contributed by atoms with Crippen LogP contribution in [-0.2, 0) is 0 Å². The summed E-state index contributed by atoms with van der Waals surface area (Å²) in [5, 5.41) is 12.7. The second-order valence-corrected chi connectivity index (χ2v) is 3.93. The van der Waals surface area contributed by atoms with Crippen molar-refractivity contribution in [1.29, 1.82) is 0 Å². The molecule has 0 bridgehead atoms. The van der Waals surface area contributed by atoms with Crippen molar-refractivity contribution in [3.63, 3.8) is 0 Å². The Balaban J connectivity index is 2.29. The van der Waals surface area contributed by atoms with Crippen LogP contribution in [0.4, 0.5) is 0 Å². The minimum atomic E-state index is 0.150. The fourth-order valence-electron chi connectivity index (χ4n) is 2.10. The van der Waals surface area contributed by atoms with Gasteiger partial charge in [-0.05, 0) is 37.1 Å². The van der Waals surface area contributed by atoms with Gasteiger partial charge >= 0.3 is 0 Å². The standard InChI is InChI=1S/C12H15NO2/c14-8-9-7-10(15)4-5-11(9)12-3-1-2-6-13-12/h4-5,7-8,12-13,15H,1-3,6H2. The van der Waals surface area contributed by atoms with Crippen LogP contribution in [0.15, 0.2) is 18.2 Å². The molecule has 0 aromatic heterocycles. The van der Waals surface area contributed by atoms with Crippen molar-refractivity contribution in [2.24, 2.45) is 0 Å². The topological polar surface area (TPSA) is 49.3 Å². The normalized spacial score (nSPS) is 21.2. The van der Waals surface area contributed by atoms with Crippen LogP contribution in [0.2, 0.25) is 0 Å². The van der Waals surface area contributed by atoms with Gasteiger partial charge < -0.3 is 10.4 Å². The number of benzene rings is 1. The Labute approximate surface area is 89.1 Å². The monoisotopic (exact) mass is 205 g/mol. The molecule has 3 nitrogen and oxygen atoms in total. The summed E-state index contributed by atoms with van der Waals surface area (Å²) in [6.45, 7) is 1.00. The summed E-state index contributed by atoms with van der Waals surface area (Å²) in [7, 11) is 0. The number of aromatic hydroxyl groups is 1. The van der Waals surface area contributed by atoms with Crippen molar-refractivity contribution in [3.05, 3.63) is 29.3 Å². The smallest absolute Gasteiger partial charge is 0.150 e. The maximum atomic E-state index is 10.9. The number of nitrogens with one attached hydrogen (secondary N) is 1. The van der Waals surface area contributed by atoms with E-state index >= 15 is 0 Å². The van der Waals surface area contributed by atoms with Gasteiger partial charge in [0.05, 0.1) is 0 Å². The van der Waals surface area contributed by atoms with Crippen LogP contribution in [0.3, 0.4) is 0 Å². The second-order valence-electron chi connectivity index (χ2n) is 3.93. The summed E-state index contributed by atoms with van der Waals surface area (Å²) in [5.41, 5.74) is 1.59. The van der Waals surface area contributed by atoms with Crippen molar-refractivity contribution in [1.82, 2.24) is 5.32 Å². The summed E-state index contributed by atoms with van der Waals surface area (Å²) in [4.78, 5) is 10.9. The van der Waals surface area contributed by atoms with Crippen molar-refractivity contribution in [2.75, 3.05) is 6.54 Å². The molecule has 1 aromatic rings. The molecule has 2 N–H and O–H groups in total. The number of piperidine rings is 1. The lowest BCUT2D eigenvalue weighted by Gasteiger charge is -2.24. The van der Waals surface area contributed by atoms with Crippen LogP contribution < -0.4 is 5.32 Å². The van der Waals surface area contributed by atoms with Crippen LogP contribution >= 0.6 is 0 Å². The lowest BCUT2D eigenvalue weighted by atomic mass is 9.94. The maximum Gasteiger partial charge on any atom is 0.150 e. The molecule has 1 atom stereocenters. The van der Waals surface area contributed by atoms with E-state index in [1.54, 1.807) is 6.07 Å². The molecular formula is C12H15NO2. The molecule has 15 heavy (non-hydrogen) atoms. The first-order valence-electron chi connectivity index (χ1n) is 5.33. The molecule has 3 heteroatoms. The average Bonchev–Trinajstić information content (AvgIpc) is 2.30. The Morgan fingerprint density at radius 2 is 2.27 bits per heavy atom. The highest BCUT2D eigenvalue weighted by Gasteiger charge is 2.17. The number of hydrogen-bond acceptors (Lipinski definition) is 3. The number of carbonyl (C=O) groups excluding carboxylic acids is 1. The lowest BCUT2D eigenvalue weighted by molar-refractivity contribution is 0.112. The van der Waals surface area contributed by atoms with Gasteiger partial charge in [0.1, 0.15) is 5.75 Å². The van der Waals surface area contributed by atoms with E-state index in [0.717, 1.165) is 24.8 Å². The van der Waals surface area contributed by atoms with E-state index in [1.165, 1.54) is 18.9 Å². The van der Waals surface area contributed by atoms with Crippen LogP contribution in [0, 0.1) is 0 Å². The van der Waals surface area contributed by atoms with E-state index in [9.17, 15) is 9.90 Å². The van der Waals surface area contributed by atoms with E-state index in [1.807, 2.05) is 6.07 Å². The fraction of sp³-hybridized carbons (Fsp3) is 0.417.